The van der Waals surface area contributed by atoms with E-state index in [2.05, 4.69) is 9.97 Å². The Morgan fingerprint density at radius 2 is 2.29 bits per heavy atom. The topological polar surface area (TPSA) is 86.3 Å². The van der Waals surface area contributed by atoms with Gasteiger partial charge in [0.25, 0.3) is 0 Å². The number of hydrogen-bond acceptors (Lipinski definition) is 3. The number of aromatic amines is 1. The molecule has 3 heterocycles. The molecule has 1 saturated heterocycles. The summed E-state index contributed by atoms with van der Waals surface area (Å²) >= 11 is 0. The Bertz CT molecular complexity index is 694. The van der Waals surface area contributed by atoms with Crippen molar-refractivity contribution in [3.8, 4) is 0 Å². The summed E-state index contributed by atoms with van der Waals surface area (Å²) in [6.07, 6.45) is 3.76. The Kier molecular flexibility index (Phi) is 3.37. The lowest BCUT2D eigenvalue weighted by Gasteiger charge is -2.15. The molecule has 0 spiro atoms. The molecular formula is C15H17N3O3. The van der Waals surface area contributed by atoms with E-state index in [1.54, 1.807) is 17.3 Å². The Morgan fingerprint density at radius 3 is 3.00 bits per heavy atom. The molecule has 0 saturated carbocycles. The maximum atomic E-state index is 12.4. The van der Waals surface area contributed by atoms with Gasteiger partial charge in [0.05, 0.1) is 12.3 Å². The summed E-state index contributed by atoms with van der Waals surface area (Å²) in [6, 6.07) is 3.76. The highest BCUT2D eigenvalue weighted by molar-refractivity contribution is 5.87. The van der Waals surface area contributed by atoms with Crippen LogP contribution in [0.5, 0.6) is 0 Å². The Balaban J connectivity index is 1.74. The average molecular weight is 287 g/mol. The van der Waals surface area contributed by atoms with E-state index in [0.717, 1.165) is 16.6 Å². The lowest BCUT2D eigenvalue weighted by atomic mass is 9.99. The van der Waals surface area contributed by atoms with E-state index >= 15 is 0 Å². The van der Waals surface area contributed by atoms with Gasteiger partial charge in [-0.1, -0.05) is 6.92 Å². The molecule has 2 aromatic rings. The van der Waals surface area contributed by atoms with Crippen molar-refractivity contribution >= 4 is 22.9 Å². The average Bonchev–Trinajstić information content (AvgIpc) is 3.03. The number of carbonyl (C=O) groups is 2. The van der Waals surface area contributed by atoms with E-state index in [9.17, 15) is 9.59 Å². The molecule has 6 heteroatoms. The second-order valence-electron chi connectivity index (χ2n) is 5.61. The molecule has 1 aliphatic rings. The fourth-order valence-electron chi connectivity index (χ4n) is 2.93. The number of pyridine rings is 1. The number of hydrogen-bond donors (Lipinski definition) is 2. The second-order valence-corrected chi connectivity index (χ2v) is 5.61. The first kappa shape index (κ1) is 13.6. The summed E-state index contributed by atoms with van der Waals surface area (Å²) in [5, 5.41) is 10.1. The lowest BCUT2D eigenvalue weighted by Crippen LogP contribution is -2.31. The number of aliphatic carboxylic acids is 1. The highest BCUT2D eigenvalue weighted by Crippen LogP contribution is 2.24. The summed E-state index contributed by atoms with van der Waals surface area (Å²) in [5.74, 6) is -1.32. The van der Waals surface area contributed by atoms with Crippen LogP contribution in [-0.2, 0) is 16.0 Å². The van der Waals surface area contributed by atoms with Crippen molar-refractivity contribution in [3.63, 3.8) is 0 Å². The number of carboxylic acids is 1. The Labute approximate surface area is 121 Å². The number of likely N-dealkylation sites (tertiary alicyclic amines) is 1. The zero-order valence-electron chi connectivity index (χ0n) is 11.7. The number of fused-ring (bicyclic) bond motifs is 1. The largest absolute Gasteiger partial charge is 0.481 e. The molecule has 0 aliphatic carbocycles. The van der Waals surface area contributed by atoms with Crippen molar-refractivity contribution in [2.75, 3.05) is 13.1 Å². The zero-order chi connectivity index (χ0) is 15.0. The molecule has 0 aromatic carbocycles. The molecular weight excluding hydrogens is 270 g/mol. The number of amides is 1. The predicted octanol–water partition coefficient (Wildman–Crippen LogP) is 1.28. The van der Waals surface area contributed by atoms with Gasteiger partial charge in [0.1, 0.15) is 5.65 Å². The summed E-state index contributed by atoms with van der Waals surface area (Å²) in [6.45, 7) is 2.69. The van der Waals surface area contributed by atoms with Crippen LogP contribution < -0.4 is 0 Å². The minimum absolute atomic E-state index is 0.00362. The maximum absolute atomic E-state index is 12.4. The van der Waals surface area contributed by atoms with Gasteiger partial charge < -0.3 is 15.0 Å². The van der Waals surface area contributed by atoms with Gasteiger partial charge in [0.2, 0.25) is 5.91 Å². The smallest absolute Gasteiger partial charge is 0.308 e. The van der Waals surface area contributed by atoms with Crippen molar-refractivity contribution in [2.24, 2.45) is 11.8 Å². The van der Waals surface area contributed by atoms with Gasteiger partial charge in [0.15, 0.2) is 0 Å². The monoisotopic (exact) mass is 287 g/mol. The molecule has 1 fully saturated rings. The van der Waals surface area contributed by atoms with E-state index in [4.69, 9.17) is 5.11 Å². The van der Waals surface area contributed by atoms with Gasteiger partial charge in [-0.3, -0.25) is 9.59 Å². The molecule has 0 unspecified atom stereocenters. The summed E-state index contributed by atoms with van der Waals surface area (Å²) in [7, 11) is 0. The molecule has 3 rings (SSSR count). The number of nitrogens with zero attached hydrogens (tertiary/aromatic N) is 2. The molecule has 2 atom stereocenters. The second kappa shape index (κ2) is 5.20. The van der Waals surface area contributed by atoms with Crippen LogP contribution in [0.4, 0.5) is 0 Å². The van der Waals surface area contributed by atoms with E-state index in [0.29, 0.717) is 13.1 Å². The van der Waals surface area contributed by atoms with Crippen molar-refractivity contribution < 1.29 is 14.7 Å². The molecule has 6 nitrogen and oxygen atoms in total. The van der Waals surface area contributed by atoms with Crippen LogP contribution in [0.3, 0.4) is 0 Å². The minimum Gasteiger partial charge on any atom is -0.481 e. The van der Waals surface area contributed by atoms with Gasteiger partial charge in [-0.05, 0) is 23.6 Å². The first-order chi connectivity index (χ1) is 10.1. The predicted molar refractivity (Wildman–Crippen MR) is 76.7 cm³/mol. The van der Waals surface area contributed by atoms with Crippen LogP contribution in [0.25, 0.3) is 11.0 Å². The van der Waals surface area contributed by atoms with Gasteiger partial charge in [-0.25, -0.2) is 4.98 Å². The molecule has 1 amide bonds. The number of nitrogens with one attached hydrogen (secondary N) is 1. The van der Waals surface area contributed by atoms with Crippen molar-refractivity contribution in [1.29, 1.82) is 0 Å². The van der Waals surface area contributed by atoms with E-state index in [1.165, 1.54) is 0 Å². The van der Waals surface area contributed by atoms with Crippen LogP contribution in [-0.4, -0.2) is 44.9 Å². The molecule has 1 aliphatic heterocycles. The number of aromatic nitrogens is 2. The summed E-state index contributed by atoms with van der Waals surface area (Å²) in [5.41, 5.74) is 1.66. The molecule has 110 valence electrons. The first-order valence-electron chi connectivity index (χ1n) is 6.98. The lowest BCUT2D eigenvalue weighted by molar-refractivity contribution is -0.142. The molecule has 2 N–H and O–H groups in total. The SMILES string of the molecule is C[C@@H]1CN(C(=O)Cc2c[nH]c3ncccc23)C[C@H]1C(=O)O. The minimum atomic E-state index is -0.825. The van der Waals surface area contributed by atoms with Crippen LogP contribution in [0.1, 0.15) is 12.5 Å². The highest BCUT2D eigenvalue weighted by Gasteiger charge is 2.36. The Morgan fingerprint density at radius 1 is 1.48 bits per heavy atom. The van der Waals surface area contributed by atoms with Crippen molar-refractivity contribution in [3.05, 3.63) is 30.1 Å². The summed E-state index contributed by atoms with van der Waals surface area (Å²) in [4.78, 5) is 32.4. The van der Waals surface area contributed by atoms with Gasteiger partial charge in [-0.2, -0.15) is 0 Å². The fourth-order valence-corrected chi connectivity index (χ4v) is 2.93. The maximum Gasteiger partial charge on any atom is 0.308 e. The third-order valence-corrected chi connectivity index (χ3v) is 4.16. The van der Waals surface area contributed by atoms with Gasteiger partial charge in [-0.15, -0.1) is 0 Å². The van der Waals surface area contributed by atoms with Gasteiger partial charge >= 0.3 is 5.97 Å². The number of carboxylic acid groups (broad SMARTS) is 1. The van der Waals surface area contributed by atoms with Crippen molar-refractivity contribution in [2.45, 2.75) is 13.3 Å². The Hall–Kier alpha value is -2.37. The number of carbonyl (C=O) groups excluding carboxylic acids is 1. The standard InChI is InChI=1S/C15H17N3O3/c1-9-7-18(8-12(9)15(20)21)13(19)5-10-6-17-14-11(10)3-2-4-16-14/h2-4,6,9,12H,5,7-8H2,1H3,(H,16,17)(H,20,21)/t9-,12-/m1/s1. The molecule has 0 bridgehead atoms. The van der Waals surface area contributed by atoms with Crippen LogP contribution in [0.15, 0.2) is 24.5 Å². The third-order valence-electron chi connectivity index (χ3n) is 4.16. The highest BCUT2D eigenvalue weighted by atomic mass is 16.4. The third kappa shape index (κ3) is 2.49. The van der Waals surface area contributed by atoms with Crippen LogP contribution in [0.2, 0.25) is 0 Å². The molecule has 2 aromatic heterocycles. The fraction of sp³-hybridized carbons (Fsp3) is 0.400. The van der Waals surface area contributed by atoms with Crippen LogP contribution >= 0.6 is 0 Å². The molecule has 0 radical (unpaired) electrons. The van der Waals surface area contributed by atoms with Gasteiger partial charge in [0, 0.05) is 30.9 Å². The van der Waals surface area contributed by atoms with Crippen LogP contribution in [0, 0.1) is 11.8 Å². The van der Waals surface area contributed by atoms with E-state index < -0.39 is 11.9 Å². The van der Waals surface area contributed by atoms with E-state index in [1.807, 2.05) is 19.1 Å². The van der Waals surface area contributed by atoms with Crippen molar-refractivity contribution in [1.82, 2.24) is 14.9 Å². The molecule has 21 heavy (non-hydrogen) atoms. The summed E-state index contributed by atoms with van der Waals surface area (Å²) < 4.78 is 0. The number of H-pyrrole nitrogens is 1. The van der Waals surface area contributed by atoms with E-state index in [-0.39, 0.29) is 18.2 Å². The number of rotatable bonds is 3. The first-order valence-corrected chi connectivity index (χ1v) is 6.98. The quantitative estimate of drug-likeness (QED) is 0.890. The normalized spacial score (nSPS) is 21.9. The zero-order valence-corrected chi connectivity index (χ0v) is 11.7.